The van der Waals surface area contributed by atoms with Gasteiger partial charge in [0.25, 0.3) is 0 Å². The third kappa shape index (κ3) is 2.92. The molecule has 2 rings (SSSR count). The summed E-state index contributed by atoms with van der Waals surface area (Å²) in [5.74, 6) is 0.151. The Morgan fingerprint density at radius 1 is 1.50 bits per heavy atom. The number of aromatic nitrogens is 2. The Bertz CT molecular complexity index is 391. The van der Waals surface area contributed by atoms with E-state index in [1.165, 1.54) is 0 Å². The number of amides is 1. The lowest BCUT2D eigenvalue weighted by atomic mass is 9.98. The van der Waals surface area contributed by atoms with E-state index in [0.717, 1.165) is 24.9 Å². The van der Waals surface area contributed by atoms with Gasteiger partial charge in [-0.15, -0.1) is 0 Å². The summed E-state index contributed by atoms with van der Waals surface area (Å²) < 4.78 is 1.87. The molecule has 0 bridgehead atoms. The third-order valence-corrected chi connectivity index (χ3v) is 3.11. The monoisotopic (exact) mass is 251 g/mol. The topological polar surface area (TPSA) is 46.9 Å². The molecule has 1 amide bonds. The van der Waals surface area contributed by atoms with E-state index in [1.54, 1.807) is 0 Å². The van der Waals surface area contributed by atoms with Crippen LogP contribution in [0.1, 0.15) is 53.0 Å². The number of rotatable bonds is 4. The standard InChI is InChI=1S/C12H19N3O.C2H6/c1-4-15-8-10(7-13-15)12(5-6-12)11(16)14-9(2)3;1-2/h7-9H,4-6H2,1-3H3,(H,14,16);1-2H3. The minimum absolute atomic E-state index is 0.151. The molecule has 1 heterocycles. The molecule has 0 radical (unpaired) electrons. The molecule has 0 saturated heterocycles. The molecular formula is C14H25N3O. The van der Waals surface area contributed by atoms with Gasteiger partial charge in [-0.05, 0) is 33.6 Å². The normalized spacial score (nSPS) is 15.9. The van der Waals surface area contributed by atoms with Crippen LogP contribution in [0.4, 0.5) is 0 Å². The predicted octanol–water partition coefficient (Wildman–Crippen LogP) is 2.49. The zero-order chi connectivity index (χ0) is 13.8. The molecule has 1 N–H and O–H groups in total. The van der Waals surface area contributed by atoms with Crippen molar-refractivity contribution in [2.24, 2.45) is 0 Å². The number of hydrogen-bond donors (Lipinski definition) is 1. The Kier molecular flexibility index (Phi) is 4.93. The van der Waals surface area contributed by atoms with Crippen molar-refractivity contribution in [2.45, 2.75) is 65.5 Å². The highest BCUT2D eigenvalue weighted by Crippen LogP contribution is 2.48. The van der Waals surface area contributed by atoms with Crippen LogP contribution in [0.15, 0.2) is 12.4 Å². The fraction of sp³-hybridized carbons (Fsp3) is 0.714. The van der Waals surface area contributed by atoms with E-state index in [2.05, 4.69) is 10.4 Å². The Hall–Kier alpha value is -1.32. The van der Waals surface area contributed by atoms with Crippen LogP contribution in [0.25, 0.3) is 0 Å². The quantitative estimate of drug-likeness (QED) is 0.893. The van der Waals surface area contributed by atoms with Gasteiger partial charge < -0.3 is 5.32 Å². The minimum Gasteiger partial charge on any atom is -0.353 e. The van der Waals surface area contributed by atoms with E-state index in [0.29, 0.717) is 0 Å². The van der Waals surface area contributed by atoms with E-state index < -0.39 is 0 Å². The molecule has 0 aromatic carbocycles. The molecule has 0 spiro atoms. The van der Waals surface area contributed by atoms with Gasteiger partial charge in [-0.1, -0.05) is 13.8 Å². The van der Waals surface area contributed by atoms with E-state index in [1.807, 2.05) is 51.7 Å². The van der Waals surface area contributed by atoms with Crippen LogP contribution in [-0.2, 0) is 16.8 Å². The number of carbonyl (C=O) groups is 1. The Labute approximate surface area is 110 Å². The summed E-state index contributed by atoms with van der Waals surface area (Å²) in [5, 5.41) is 7.23. The van der Waals surface area contributed by atoms with Gasteiger partial charge in [-0.25, -0.2) is 0 Å². The first-order valence-electron chi connectivity index (χ1n) is 6.92. The summed E-state index contributed by atoms with van der Waals surface area (Å²) in [4.78, 5) is 12.1. The van der Waals surface area contributed by atoms with Gasteiger partial charge in [0.2, 0.25) is 5.91 Å². The zero-order valence-corrected chi connectivity index (χ0v) is 12.2. The van der Waals surface area contributed by atoms with Crippen LogP contribution in [0.3, 0.4) is 0 Å². The molecular weight excluding hydrogens is 226 g/mol. The van der Waals surface area contributed by atoms with Crippen LogP contribution < -0.4 is 5.32 Å². The highest BCUT2D eigenvalue weighted by molar-refractivity contribution is 5.91. The maximum absolute atomic E-state index is 12.1. The number of aryl methyl sites for hydroxylation is 1. The number of hydrogen-bond acceptors (Lipinski definition) is 2. The van der Waals surface area contributed by atoms with Crippen LogP contribution in [0, 0.1) is 0 Å². The average molecular weight is 251 g/mol. The Morgan fingerprint density at radius 2 is 2.11 bits per heavy atom. The predicted molar refractivity (Wildman–Crippen MR) is 73.4 cm³/mol. The van der Waals surface area contributed by atoms with Gasteiger partial charge in [-0.2, -0.15) is 5.10 Å². The fourth-order valence-electron chi connectivity index (χ4n) is 1.96. The first kappa shape index (κ1) is 14.7. The van der Waals surface area contributed by atoms with Gasteiger partial charge in [-0.3, -0.25) is 9.48 Å². The highest BCUT2D eigenvalue weighted by atomic mass is 16.2. The number of nitrogens with one attached hydrogen (secondary N) is 1. The van der Waals surface area contributed by atoms with Crippen LogP contribution in [0.5, 0.6) is 0 Å². The van der Waals surface area contributed by atoms with Crippen molar-refractivity contribution >= 4 is 5.91 Å². The lowest BCUT2D eigenvalue weighted by Gasteiger charge is -2.15. The van der Waals surface area contributed by atoms with E-state index in [4.69, 9.17) is 0 Å². The second-order valence-electron chi connectivity index (χ2n) is 4.79. The van der Waals surface area contributed by atoms with E-state index in [-0.39, 0.29) is 17.4 Å². The van der Waals surface area contributed by atoms with Gasteiger partial charge in [0, 0.05) is 24.3 Å². The average Bonchev–Trinajstić information content (AvgIpc) is 3.03. The molecule has 1 fully saturated rings. The molecule has 102 valence electrons. The molecule has 1 aromatic rings. The number of nitrogens with zero attached hydrogens (tertiary/aromatic N) is 2. The summed E-state index contributed by atoms with van der Waals surface area (Å²) in [6, 6.07) is 0.200. The van der Waals surface area contributed by atoms with Gasteiger partial charge in [0.15, 0.2) is 0 Å². The molecule has 0 unspecified atom stereocenters. The molecule has 18 heavy (non-hydrogen) atoms. The molecule has 0 aliphatic heterocycles. The van der Waals surface area contributed by atoms with Crippen molar-refractivity contribution in [3.05, 3.63) is 18.0 Å². The van der Waals surface area contributed by atoms with E-state index >= 15 is 0 Å². The van der Waals surface area contributed by atoms with Crippen molar-refractivity contribution in [1.29, 1.82) is 0 Å². The summed E-state index contributed by atoms with van der Waals surface area (Å²) in [6.45, 7) is 10.9. The summed E-state index contributed by atoms with van der Waals surface area (Å²) >= 11 is 0. The molecule has 1 aliphatic rings. The Morgan fingerprint density at radius 3 is 2.50 bits per heavy atom. The summed E-state index contributed by atoms with van der Waals surface area (Å²) in [6.07, 6.45) is 5.71. The minimum atomic E-state index is -0.280. The third-order valence-electron chi connectivity index (χ3n) is 3.11. The molecule has 1 saturated carbocycles. The summed E-state index contributed by atoms with van der Waals surface area (Å²) in [7, 11) is 0. The summed E-state index contributed by atoms with van der Waals surface area (Å²) in [5.41, 5.74) is 0.782. The Balaban J connectivity index is 0.000000771. The number of carbonyl (C=O) groups excluding carboxylic acids is 1. The lowest BCUT2D eigenvalue weighted by molar-refractivity contribution is -0.124. The highest BCUT2D eigenvalue weighted by Gasteiger charge is 2.52. The van der Waals surface area contributed by atoms with Crippen molar-refractivity contribution < 1.29 is 4.79 Å². The molecule has 1 aliphatic carbocycles. The van der Waals surface area contributed by atoms with E-state index in [9.17, 15) is 4.79 Å². The maximum atomic E-state index is 12.1. The van der Waals surface area contributed by atoms with Crippen molar-refractivity contribution in [3.63, 3.8) is 0 Å². The second kappa shape index (κ2) is 6.03. The van der Waals surface area contributed by atoms with Crippen molar-refractivity contribution in [1.82, 2.24) is 15.1 Å². The first-order chi connectivity index (χ1) is 8.58. The molecule has 4 heteroatoms. The largest absolute Gasteiger partial charge is 0.353 e. The van der Waals surface area contributed by atoms with Crippen LogP contribution in [-0.4, -0.2) is 21.7 Å². The molecule has 1 aromatic heterocycles. The van der Waals surface area contributed by atoms with Gasteiger partial charge >= 0.3 is 0 Å². The van der Waals surface area contributed by atoms with Crippen molar-refractivity contribution in [3.8, 4) is 0 Å². The first-order valence-corrected chi connectivity index (χ1v) is 6.92. The van der Waals surface area contributed by atoms with Crippen LogP contribution in [0.2, 0.25) is 0 Å². The zero-order valence-electron chi connectivity index (χ0n) is 12.2. The SMILES string of the molecule is CC.CCn1cc(C2(C(=O)NC(C)C)CC2)cn1. The van der Waals surface area contributed by atoms with Crippen molar-refractivity contribution in [2.75, 3.05) is 0 Å². The maximum Gasteiger partial charge on any atom is 0.230 e. The lowest BCUT2D eigenvalue weighted by Crippen LogP contribution is -2.38. The van der Waals surface area contributed by atoms with Crippen LogP contribution >= 0.6 is 0 Å². The van der Waals surface area contributed by atoms with Gasteiger partial charge in [0.05, 0.1) is 11.6 Å². The fourth-order valence-corrected chi connectivity index (χ4v) is 1.96. The second-order valence-corrected chi connectivity index (χ2v) is 4.79. The molecule has 0 atom stereocenters. The molecule has 4 nitrogen and oxygen atoms in total. The smallest absolute Gasteiger partial charge is 0.230 e. The van der Waals surface area contributed by atoms with Gasteiger partial charge in [0.1, 0.15) is 0 Å².